The first-order valence-electron chi connectivity index (χ1n) is 7.46. The normalized spacial score (nSPS) is 15.3. The Morgan fingerprint density at radius 1 is 1.23 bits per heavy atom. The Bertz CT molecular complexity index is 898. The molecule has 0 unspecified atom stereocenters. The number of thiocarbonyl (C=S) groups is 1. The van der Waals surface area contributed by atoms with Crippen LogP contribution < -0.4 is 14.8 Å². The van der Waals surface area contributed by atoms with E-state index in [1.807, 2.05) is 12.1 Å². The number of nitrogens with one attached hydrogen (secondary N) is 1. The molecule has 1 heterocycles. The number of amides is 1. The Kier molecular flexibility index (Phi) is 6.09. The van der Waals surface area contributed by atoms with Crippen LogP contribution in [0.5, 0.6) is 11.5 Å². The summed E-state index contributed by atoms with van der Waals surface area (Å²) in [6.07, 6.45) is 1.71. The van der Waals surface area contributed by atoms with Gasteiger partial charge >= 0.3 is 0 Å². The van der Waals surface area contributed by atoms with E-state index in [9.17, 15) is 4.79 Å². The second-order valence-electron chi connectivity index (χ2n) is 5.30. The van der Waals surface area contributed by atoms with Crippen LogP contribution in [-0.2, 0) is 11.4 Å². The predicted octanol–water partition coefficient (Wildman–Crippen LogP) is 5.07. The molecular weight excluding hydrogens is 413 g/mol. The molecule has 3 rings (SSSR count). The number of methoxy groups -OCH3 is 1. The van der Waals surface area contributed by atoms with E-state index in [1.54, 1.807) is 30.3 Å². The molecule has 26 heavy (non-hydrogen) atoms. The van der Waals surface area contributed by atoms with Gasteiger partial charge in [0.05, 0.1) is 17.0 Å². The van der Waals surface area contributed by atoms with Gasteiger partial charge in [-0.05, 0) is 41.5 Å². The summed E-state index contributed by atoms with van der Waals surface area (Å²) in [4.78, 5) is 12.3. The lowest BCUT2D eigenvalue weighted by molar-refractivity contribution is -0.115. The first kappa shape index (κ1) is 19.0. The van der Waals surface area contributed by atoms with Gasteiger partial charge in [-0.25, -0.2) is 0 Å². The summed E-state index contributed by atoms with van der Waals surface area (Å²) in [6.45, 7) is 0.320. The van der Waals surface area contributed by atoms with Crippen LogP contribution in [-0.4, -0.2) is 17.3 Å². The lowest BCUT2D eigenvalue weighted by Crippen LogP contribution is -2.17. The van der Waals surface area contributed by atoms with Crippen molar-refractivity contribution in [3.63, 3.8) is 0 Å². The molecular formula is C18H13Cl2NO3S2. The van der Waals surface area contributed by atoms with Crippen molar-refractivity contribution in [3.8, 4) is 11.5 Å². The van der Waals surface area contributed by atoms with Crippen LogP contribution in [0.3, 0.4) is 0 Å². The zero-order valence-electron chi connectivity index (χ0n) is 13.5. The highest BCUT2D eigenvalue weighted by Gasteiger charge is 2.22. The molecule has 2 aromatic rings. The number of benzene rings is 2. The molecule has 1 fully saturated rings. The van der Waals surface area contributed by atoms with Crippen LogP contribution in [0.1, 0.15) is 11.1 Å². The number of rotatable bonds is 5. The molecule has 0 saturated carbocycles. The minimum Gasteiger partial charge on any atom is -0.493 e. The van der Waals surface area contributed by atoms with Gasteiger partial charge in [-0.1, -0.05) is 59.3 Å². The van der Waals surface area contributed by atoms with Crippen LogP contribution in [0.2, 0.25) is 10.0 Å². The van der Waals surface area contributed by atoms with E-state index in [2.05, 4.69) is 5.32 Å². The molecule has 1 saturated heterocycles. The molecule has 1 aliphatic rings. The van der Waals surface area contributed by atoms with Crippen molar-refractivity contribution >= 4 is 63.5 Å². The molecule has 1 N–H and O–H groups in total. The highest BCUT2D eigenvalue weighted by atomic mass is 35.5. The van der Waals surface area contributed by atoms with E-state index < -0.39 is 0 Å². The van der Waals surface area contributed by atoms with E-state index >= 15 is 0 Å². The number of hydrogen-bond donors (Lipinski definition) is 1. The van der Waals surface area contributed by atoms with Gasteiger partial charge in [-0.3, -0.25) is 4.79 Å². The number of ether oxygens (including phenoxy) is 2. The summed E-state index contributed by atoms with van der Waals surface area (Å²) < 4.78 is 11.6. The second kappa shape index (κ2) is 8.31. The summed E-state index contributed by atoms with van der Waals surface area (Å²) in [5.41, 5.74) is 1.67. The van der Waals surface area contributed by atoms with E-state index in [4.69, 9.17) is 44.9 Å². The minimum absolute atomic E-state index is 0.224. The first-order chi connectivity index (χ1) is 12.5. The topological polar surface area (TPSA) is 47.6 Å². The maximum Gasteiger partial charge on any atom is 0.263 e. The van der Waals surface area contributed by atoms with Gasteiger partial charge in [0.25, 0.3) is 5.91 Å². The maximum atomic E-state index is 11.8. The Morgan fingerprint density at radius 2 is 1.96 bits per heavy atom. The van der Waals surface area contributed by atoms with Crippen molar-refractivity contribution < 1.29 is 14.3 Å². The SMILES string of the molecule is COc1cc(/C=C2\SC(=S)NC2=O)cc(Cl)c1OCc1ccc(Cl)cc1. The van der Waals surface area contributed by atoms with Crippen LogP contribution in [0.15, 0.2) is 41.3 Å². The van der Waals surface area contributed by atoms with Crippen LogP contribution >= 0.6 is 47.2 Å². The van der Waals surface area contributed by atoms with Gasteiger partial charge in [0.2, 0.25) is 0 Å². The number of hydrogen-bond acceptors (Lipinski definition) is 5. The Morgan fingerprint density at radius 3 is 2.58 bits per heavy atom. The van der Waals surface area contributed by atoms with E-state index in [1.165, 1.54) is 18.9 Å². The molecule has 2 aromatic carbocycles. The highest BCUT2D eigenvalue weighted by molar-refractivity contribution is 8.26. The predicted molar refractivity (Wildman–Crippen MR) is 110 cm³/mol. The molecule has 0 aromatic heterocycles. The van der Waals surface area contributed by atoms with Crippen molar-refractivity contribution in [2.45, 2.75) is 6.61 Å². The summed E-state index contributed by atoms with van der Waals surface area (Å²) in [5, 5.41) is 3.62. The van der Waals surface area contributed by atoms with E-state index in [0.717, 1.165) is 5.56 Å². The fraction of sp³-hybridized carbons (Fsp3) is 0.111. The summed E-state index contributed by atoms with van der Waals surface area (Å²) >= 11 is 18.4. The van der Waals surface area contributed by atoms with E-state index in [0.29, 0.717) is 42.9 Å². The Hall–Kier alpha value is -1.73. The van der Waals surface area contributed by atoms with Crippen LogP contribution in [0.4, 0.5) is 0 Å². The molecule has 0 radical (unpaired) electrons. The second-order valence-corrected chi connectivity index (χ2v) is 7.86. The van der Waals surface area contributed by atoms with Crippen molar-refractivity contribution in [1.29, 1.82) is 0 Å². The molecule has 8 heteroatoms. The van der Waals surface area contributed by atoms with Gasteiger partial charge < -0.3 is 14.8 Å². The smallest absolute Gasteiger partial charge is 0.263 e. The molecule has 134 valence electrons. The summed E-state index contributed by atoms with van der Waals surface area (Å²) in [7, 11) is 1.53. The average molecular weight is 426 g/mol. The molecule has 0 spiro atoms. The fourth-order valence-electron chi connectivity index (χ4n) is 2.27. The number of carbonyl (C=O) groups is 1. The Balaban J connectivity index is 1.83. The lowest BCUT2D eigenvalue weighted by Gasteiger charge is -2.13. The first-order valence-corrected chi connectivity index (χ1v) is 9.44. The van der Waals surface area contributed by atoms with Gasteiger partial charge in [-0.2, -0.15) is 0 Å². The molecule has 0 atom stereocenters. The van der Waals surface area contributed by atoms with Crippen molar-refractivity contribution in [2.24, 2.45) is 0 Å². The van der Waals surface area contributed by atoms with Crippen LogP contribution in [0.25, 0.3) is 6.08 Å². The van der Waals surface area contributed by atoms with Gasteiger partial charge in [0.1, 0.15) is 10.9 Å². The minimum atomic E-state index is -0.224. The zero-order valence-corrected chi connectivity index (χ0v) is 16.7. The monoisotopic (exact) mass is 425 g/mol. The maximum absolute atomic E-state index is 11.8. The number of halogens is 2. The van der Waals surface area contributed by atoms with Gasteiger partial charge in [0, 0.05) is 5.02 Å². The molecule has 1 aliphatic heterocycles. The number of thioether (sulfide) groups is 1. The standard InChI is InChI=1S/C18H13Cl2NO3S2/c1-23-14-7-11(8-15-17(22)21-18(25)26-15)6-13(20)16(14)24-9-10-2-4-12(19)5-3-10/h2-8H,9H2,1H3,(H,21,22,25)/b15-8-. The average Bonchev–Trinajstić information content (AvgIpc) is 2.92. The third-order valence-electron chi connectivity index (χ3n) is 3.49. The fourth-order valence-corrected chi connectivity index (χ4v) is 3.72. The third-order valence-corrected chi connectivity index (χ3v) is 5.18. The Labute approximate surface area is 170 Å². The van der Waals surface area contributed by atoms with Gasteiger partial charge in [0.15, 0.2) is 11.5 Å². The lowest BCUT2D eigenvalue weighted by atomic mass is 10.1. The molecule has 0 aliphatic carbocycles. The third kappa shape index (κ3) is 4.51. The summed E-state index contributed by atoms with van der Waals surface area (Å²) in [6, 6.07) is 10.8. The quantitative estimate of drug-likeness (QED) is 0.535. The number of carbonyl (C=O) groups excluding carboxylic acids is 1. The summed E-state index contributed by atoms with van der Waals surface area (Å²) in [5.74, 6) is 0.688. The van der Waals surface area contributed by atoms with Crippen LogP contribution in [0, 0.1) is 0 Å². The molecule has 0 bridgehead atoms. The van der Waals surface area contributed by atoms with Crippen molar-refractivity contribution in [2.75, 3.05) is 7.11 Å². The highest BCUT2D eigenvalue weighted by Crippen LogP contribution is 2.38. The largest absolute Gasteiger partial charge is 0.493 e. The van der Waals surface area contributed by atoms with E-state index in [-0.39, 0.29) is 5.91 Å². The molecule has 1 amide bonds. The van der Waals surface area contributed by atoms with Crippen molar-refractivity contribution in [1.82, 2.24) is 5.32 Å². The zero-order chi connectivity index (χ0) is 18.7. The van der Waals surface area contributed by atoms with Gasteiger partial charge in [-0.15, -0.1) is 0 Å². The molecule has 4 nitrogen and oxygen atoms in total. The van der Waals surface area contributed by atoms with Crippen molar-refractivity contribution in [3.05, 3.63) is 62.5 Å².